The van der Waals surface area contributed by atoms with Gasteiger partial charge in [-0.3, -0.25) is 13.2 Å². The average molecular weight is 284 g/mol. The van der Waals surface area contributed by atoms with Gasteiger partial charge in [-0.1, -0.05) is 25.7 Å². The summed E-state index contributed by atoms with van der Waals surface area (Å²) in [6.07, 6.45) is 3.59. The van der Waals surface area contributed by atoms with Crippen LogP contribution in [0, 0.1) is 5.41 Å². The van der Waals surface area contributed by atoms with Gasteiger partial charge in [0.25, 0.3) is 0 Å². The van der Waals surface area contributed by atoms with Crippen LogP contribution < -0.4 is 0 Å². The number of alkyl halides is 3. The number of rotatable bonds is 13. The highest BCUT2D eigenvalue weighted by molar-refractivity contribution is 4.85. The lowest BCUT2D eigenvalue weighted by atomic mass is 9.83. The number of ether oxygens (including phenoxy) is 1. The number of hydrogen-bond acceptors (Lipinski definition) is 2. The van der Waals surface area contributed by atoms with Gasteiger partial charge >= 0.3 is 0 Å². The Morgan fingerprint density at radius 2 is 1.47 bits per heavy atom. The lowest BCUT2D eigenvalue weighted by Crippen LogP contribution is -2.41. The smallest absolute Gasteiger partial charge is 0.103 e. The molecule has 0 saturated heterocycles. The van der Waals surface area contributed by atoms with E-state index in [4.69, 9.17) is 4.74 Å². The van der Waals surface area contributed by atoms with Crippen molar-refractivity contribution in [3.63, 3.8) is 0 Å². The molecule has 116 valence electrons. The molecule has 0 aromatic heterocycles. The Bertz CT molecular complexity index is 191. The van der Waals surface area contributed by atoms with Crippen molar-refractivity contribution in [2.24, 2.45) is 5.41 Å². The Labute approximate surface area is 114 Å². The molecule has 0 amide bonds. The normalized spacial score (nSPS) is 13.7. The van der Waals surface area contributed by atoms with Crippen LogP contribution in [0.25, 0.3) is 0 Å². The molecule has 2 nitrogen and oxygen atoms in total. The first-order valence-electron chi connectivity index (χ1n) is 7.10. The van der Waals surface area contributed by atoms with E-state index in [0.717, 1.165) is 38.9 Å². The number of unbranched alkanes of at least 4 members (excludes halogenated alkanes) is 4. The van der Waals surface area contributed by atoms with Gasteiger partial charge in [0.2, 0.25) is 0 Å². The molecule has 0 aromatic rings. The molecule has 0 aliphatic rings. The zero-order valence-corrected chi connectivity index (χ0v) is 11.8. The van der Waals surface area contributed by atoms with E-state index < -0.39 is 31.5 Å². The second kappa shape index (κ2) is 11.5. The predicted molar refractivity (Wildman–Crippen MR) is 70.6 cm³/mol. The molecule has 0 aliphatic carbocycles. The SMILES string of the molecule is CCOCCCCCCCC(O)C(CF)(CF)CF. The molecule has 0 bridgehead atoms. The van der Waals surface area contributed by atoms with Gasteiger partial charge in [-0.25, -0.2) is 0 Å². The average Bonchev–Trinajstić information content (AvgIpc) is 2.44. The number of hydrogen-bond donors (Lipinski definition) is 1. The van der Waals surface area contributed by atoms with E-state index in [1.165, 1.54) is 0 Å². The van der Waals surface area contributed by atoms with Crippen molar-refractivity contribution in [3.05, 3.63) is 0 Å². The van der Waals surface area contributed by atoms with Crippen LogP contribution in [0.2, 0.25) is 0 Å². The Balaban J connectivity index is 3.64. The summed E-state index contributed by atoms with van der Waals surface area (Å²) in [5.41, 5.74) is -1.84. The number of aliphatic hydroxyl groups excluding tert-OH is 1. The monoisotopic (exact) mass is 284 g/mol. The minimum absolute atomic E-state index is 0.253. The molecule has 0 rings (SSSR count). The fourth-order valence-electron chi connectivity index (χ4n) is 1.90. The molecule has 0 aliphatic heterocycles. The third-order valence-corrected chi connectivity index (χ3v) is 3.48. The van der Waals surface area contributed by atoms with E-state index in [0.29, 0.717) is 6.42 Å². The van der Waals surface area contributed by atoms with Crippen LogP contribution in [0.1, 0.15) is 45.4 Å². The largest absolute Gasteiger partial charge is 0.392 e. The first-order valence-corrected chi connectivity index (χ1v) is 7.10. The molecule has 0 saturated carbocycles. The second-order valence-corrected chi connectivity index (χ2v) is 5.03. The highest BCUT2D eigenvalue weighted by Gasteiger charge is 2.38. The van der Waals surface area contributed by atoms with Crippen LogP contribution in [-0.4, -0.2) is 44.4 Å². The topological polar surface area (TPSA) is 29.5 Å². The van der Waals surface area contributed by atoms with Crippen molar-refractivity contribution in [1.82, 2.24) is 0 Å². The van der Waals surface area contributed by atoms with E-state index in [1.807, 2.05) is 6.92 Å². The maximum Gasteiger partial charge on any atom is 0.103 e. The van der Waals surface area contributed by atoms with Crippen LogP contribution in [0.5, 0.6) is 0 Å². The molecular formula is C14H27F3O2. The van der Waals surface area contributed by atoms with Crippen LogP contribution in [0.4, 0.5) is 13.2 Å². The molecule has 19 heavy (non-hydrogen) atoms. The molecule has 1 N–H and O–H groups in total. The molecule has 0 heterocycles. The fraction of sp³-hybridized carbons (Fsp3) is 1.00. The van der Waals surface area contributed by atoms with Gasteiger partial charge in [0, 0.05) is 13.2 Å². The van der Waals surface area contributed by atoms with E-state index in [1.54, 1.807) is 0 Å². The third kappa shape index (κ3) is 7.16. The summed E-state index contributed by atoms with van der Waals surface area (Å²) in [4.78, 5) is 0. The zero-order valence-electron chi connectivity index (χ0n) is 11.8. The first kappa shape index (κ1) is 18.7. The minimum atomic E-state index is -1.84. The molecule has 0 radical (unpaired) electrons. The predicted octanol–water partition coefficient (Wildman–Crippen LogP) is 3.62. The van der Waals surface area contributed by atoms with E-state index in [2.05, 4.69) is 0 Å². The van der Waals surface area contributed by atoms with Crippen LogP contribution in [0.15, 0.2) is 0 Å². The molecule has 1 unspecified atom stereocenters. The van der Waals surface area contributed by atoms with E-state index in [-0.39, 0.29) is 6.42 Å². The fourth-order valence-corrected chi connectivity index (χ4v) is 1.90. The zero-order chi connectivity index (χ0) is 14.6. The highest BCUT2D eigenvalue weighted by atomic mass is 19.1. The number of aliphatic hydroxyl groups is 1. The molecule has 0 aromatic carbocycles. The Kier molecular flexibility index (Phi) is 11.4. The number of halogens is 3. The summed E-state index contributed by atoms with van der Waals surface area (Å²) >= 11 is 0. The summed E-state index contributed by atoms with van der Waals surface area (Å²) in [6.45, 7) is -0.0351. The highest BCUT2D eigenvalue weighted by Crippen LogP contribution is 2.28. The van der Waals surface area contributed by atoms with Gasteiger partial charge in [-0.15, -0.1) is 0 Å². The van der Waals surface area contributed by atoms with Crippen molar-refractivity contribution in [2.45, 2.75) is 51.6 Å². The maximum absolute atomic E-state index is 12.7. The lowest BCUT2D eigenvalue weighted by Gasteiger charge is -2.30. The summed E-state index contributed by atoms with van der Waals surface area (Å²) in [7, 11) is 0. The van der Waals surface area contributed by atoms with Crippen LogP contribution >= 0.6 is 0 Å². The van der Waals surface area contributed by atoms with Gasteiger partial charge in [0.1, 0.15) is 20.0 Å². The second-order valence-electron chi connectivity index (χ2n) is 5.03. The van der Waals surface area contributed by atoms with Crippen LogP contribution in [0.3, 0.4) is 0 Å². The summed E-state index contributed by atoms with van der Waals surface area (Å²) < 4.78 is 43.2. The first-order chi connectivity index (χ1) is 9.16. The van der Waals surface area contributed by atoms with Gasteiger partial charge in [0.05, 0.1) is 11.5 Å². The Morgan fingerprint density at radius 1 is 0.947 bits per heavy atom. The molecule has 1 atom stereocenters. The molecule has 0 spiro atoms. The van der Waals surface area contributed by atoms with Crippen molar-refractivity contribution >= 4 is 0 Å². The summed E-state index contributed by atoms with van der Waals surface area (Å²) in [5, 5.41) is 9.69. The van der Waals surface area contributed by atoms with Crippen molar-refractivity contribution in [3.8, 4) is 0 Å². The van der Waals surface area contributed by atoms with E-state index in [9.17, 15) is 18.3 Å². The molecule has 5 heteroatoms. The Hall–Kier alpha value is -0.290. The van der Waals surface area contributed by atoms with Gasteiger partial charge in [0.15, 0.2) is 0 Å². The van der Waals surface area contributed by atoms with Gasteiger partial charge < -0.3 is 9.84 Å². The molecule has 0 fully saturated rings. The van der Waals surface area contributed by atoms with Crippen molar-refractivity contribution < 1.29 is 23.0 Å². The maximum atomic E-state index is 12.7. The standard InChI is InChI=1S/C14H27F3O2/c1-2-19-9-7-5-3-4-6-8-13(18)14(10-15,11-16)12-17/h13,18H,2-12H2,1H3. The Morgan fingerprint density at radius 3 is 2.00 bits per heavy atom. The lowest BCUT2D eigenvalue weighted by molar-refractivity contribution is -0.0332. The van der Waals surface area contributed by atoms with Crippen molar-refractivity contribution in [2.75, 3.05) is 33.2 Å². The minimum Gasteiger partial charge on any atom is -0.392 e. The van der Waals surface area contributed by atoms with Gasteiger partial charge in [-0.05, 0) is 19.8 Å². The third-order valence-electron chi connectivity index (χ3n) is 3.48. The van der Waals surface area contributed by atoms with Crippen molar-refractivity contribution in [1.29, 1.82) is 0 Å². The quantitative estimate of drug-likeness (QED) is 0.523. The molecular weight excluding hydrogens is 257 g/mol. The summed E-state index contributed by atoms with van der Waals surface area (Å²) in [5.74, 6) is 0. The van der Waals surface area contributed by atoms with Crippen LogP contribution in [-0.2, 0) is 4.74 Å². The summed E-state index contributed by atoms with van der Waals surface area (Å²) in [6, 6.07) is 0. The van der Waals surface area contributed by atoms with Gasteiger partial charge in [-0.2, -0.15) is 0 Å². The van der Waals surface area contributed by atoms with E-state index >= 15 is 0 Å².